The van der Waals surface area contributed by atoms with E-state index in [4.69, 9.17) is 9.47 Å². The zero-order valence-corrected chi connectivity index (χ0v) is 19.2. The first kappa shape index (κ1) is 24.3. The number of fused-ring (bicyclic) bond motifs is 3. The Bertz CT molecular complexity index is 1180. The molecule has 0 radical (unpaired) electrons. The Hall–Kier alpha value is -3.88. The highest BCUT2D eigenvalue weighted by Gasteiger charge is 2.29. The highest BCUT2D eigenvalue weighted by atomic mass is 16.5. The number of aliphatic hydroxyl groups excluding tert-OH is 2. The second kappa shape index (κ2) is 10.6. The highest BCUT2D eigenvalue weighted by Crippen LogP contribution is 2.44. The Morgan fingerprint density at radius 3 is 2.20 bits per heavy atom. The van der Waals surface area contributed by atoms with E-state index in [1.54, 1.807) is 0 Å². The molecule has 0 bridgehead atoms. The van der Waals surface area contributed by atoms with Crippen molar-refractivity contribution in [3.63, 3.8) is 0 Å². The topological polar surface area (TPSA) is 125 Å². The quantitative estimate of drug-likeness (QED) is 0.370. The van der Waals surface area contributed by atoms with Crippen molar-refractivity contribution in [2.75, 3.05) is 20.3 Å². The first-order chi connectivity index (χ1) is 16.9. The molecule has 4 rings (SSSR count). The number of carboxylic acids is 1. The predicted octanol–water partition coefficient (Wildman–Crippen LogP) is 3.72. The fourth-order valence-corrected chi connectivity index (χ4v) is 4.44. The molecule has 0 heterocycles. The molecule has 182 valence electrons. The van der Waals surface area contributed by atoms with E-state index >= 15 is 0 Å². The van der Waals surface area contributed by atoms with Gasteiger partial charge >= 0.3 is 12.1 Å². The Balaban J connectivity index is 1.31. The summed E-state index contributed by atoms with van der Waals surface area (Å²) in [5.41, 5.74) is 4.37. The van der Waals surface area contributed by atoms with Gasteiger partial charge in [-0.15, -0.1) is 0 Å². The second-order valence-corrected chi connectivity index (χ2v) is 8.31. The fraction of sp³-hybridized carbons (Fsp3) is 0.259. The minimum Gasteiger partial charge on any atom is -0.497 e. The number of methoxy groups -OCH3 is 1. The van der Waals surface area contributed by atoms with Crippen LogP contribution in [0.2, 0.25) is 0 Å². The maximum atomic E-state index is 12.3. The summed E-state index contributed by atoms with van der Waals surface area (Å²) in [5.74, 6) is -0.943. The van der Waals surface area contributed by atoms with Crippen molar-refractivity contribution in [2.24, 2.45) is 0 Å². The van der Waals surface area contributed by atoms with E-state index in [1.807, 2.05) is 36.4 Å². The molecule has 0 aliphatic heterocycles. The summed E-state index contributed by atoms with van der Waals surface area (Å²) in [6.45, 7) is 0.193. The number of hydrogen-bond acceptors (Lipinski definition) is 6. The second-order valence-electron chi connectivity index (χ2n) is 8.31. The van der Waals surface area contributed by atoms with Crippen molar-refractivity contribution in [1.29, 1.82) is 0 Å². The molecule has 8 nitrogen and oxygen atoms in total. The van der Waals surface area contributed by atoms with Gasteiger partial charge in [0.05, 0.1) is 18.8 Å². The average Bonchev–Trinajstić information content (AvgIpc) is 3.20. The molecule has 1 aliphatic rings. The summed E-state index contributed by atoms with van der Waals surface area (Å²) in [4.78, 5) is 23.8. The Kier molecular flexibility index (Phi) is 7.33. The molecule has 3 aromatic rings. The van der Waals surface area contributed by atoms with Crippen LogP contribution >= 0.6 is 0 Å². The molecule has 2 atom stereocenters. The molecule has 0 saturated heterocycles. The number of aromatic carboxylic acids is 1. The van der Waals surface area contributed by atoms with Gasteiger partial charge in [0, 0.05) is 18.0 Å². The third-order valence-corrected chi connectivity index (χ3v) is 6.23. The van der Waals surface area contributed by atoms with Crippen molar-refractivity contribution in [2.45, 2.75) is 24.5 Å². The van der Waals surface area contributed by atoms with Gasteiger partial charge in [0.15, 0.2) is 0 Å². The monoisotopic (exact) mass is 477 g/mol. The lowest BCUT2D eigenvalue weighted by atomic mass is 9.96. The van der Waals surface area contributed by atoms with Crippen LogP contribution in [0.15, 0.2) is 66.7 Å². The number of ether oxygens (including phenoxy) is 2. The molecule has 0 aromatic heterocycles. The van der Waals surface area contributed by atoms with Crippen LogP contribution in [0, 0.1) is 0 Å². The lowest BCUT2D eigenvalue weighted by Gasteiger charge is -2.20. The number of aliphatic hydroxyl groups is 2. The van der Waals surface area contributed by atoms with Crippen LogP contribution < -0.4 is 10.1 Å². The number of amides is 1. The van der Waals surface area contributed by atoms with Gasteiger partial charge in [0.2, 0.25) is 0 Å². The summed E-state index contributed by atoms with van der Waals surface area (Å²) in [5, 5.41) is 32.9. The normalized spacial score (nSPS) is 13.9. The number of carbonyl (C=O) groups excluding carboxylic acids is 1. The van der Waals surface area contributed by atoms with Crippen molar-refractivity contribution >= 4 is 12.1 Å². The number of rotatable bonds is 9. The summed E-state index contributed by atoms with van der Waals surface area (Å²) in [7, 11) is 1.42. The molecule has 1 amide bonds. The van der Waals surface area contributed by atoms with Crippen LogP contribution in [0.1, 0.15) is 45.5 Å². The van der Waals surface area contributed by atoms with Gasteiger partial charge in [-0.25, -0.2) is 9.59 Å². The average molecular weight is 478 g/mol. The maximum absolute atomic E-state index is 12.3. The fourth-order valence-electron chi connectivity index (χ4n) is 4.44. The minimum absolute atomic E-state index is 0.0123. The molecule has 8 heteroatoms. The van der Waals surface area contributed by atoms with Gasteiger partial charge in [-0.3, -0.25) is 0 Å². The summed E-state index contributed by atoms with van der Waals surface area (Å²) in [6, 6.07) is 20.2. The number of alkyl carbamates (subject to hydrolysis) is 1. The molecule has 2 unspecified atom stereocenters. The number of nitrogens with one attached hydrogen (secondary N) is 1. The van der Waals surface area contributed by atoms with E-state index in [0.717, 1.165) is 22.3 Å². The third-order valence-electron chi connectivity index (χ3n) is 6.23. The molecular weight excluding hydrogens is 450 g/mol. The highest BCUT2D eigenvalue weighted by molar-refractivity contribution is 5.89. The van der Waals surface area contributed by atoms with E-state index in [-0.39, 0.29) is 36.6 Å². The van der Waals surface area contributed by atoms with E-state index in [9.17, 15) is 24.9 Å². The van der Waals surface area contributed by atoms with Crippen molar-refractivity contribution in [3.05, 3.63) is 89.0 Å². The summed E-state index contributed by atoms with van der Waals surface area (Å²) >= 11 is 0. The zero-order chi connectivity index (χ0) is 24.9. The van der Waals surface area contributed by atoms with Gasteiger partial charge in [-0.1, -0.05) is 48.5 Å². The van der Waals surface area contributed by atoms with Crippen LogP contribution in [0.25, 0.3) is 11.1 Å². The number of benzene rings is 3. The Morgan fingerprint density at radius 1 is 0.971 bits per heavy atom. The molecule has 0 fully saturated rings. The van der Waals surface area contributed by atoms with Gasteiger partial charge in [0.25, 0.3) is 0 Å². The van der Waals surface area contributed by atoms with Crippen LogP contribution in [0.3, 0.4) is 0 Å². The molecule has 35 heavy (non-hydrogen) atoms. The largest absolute Gasteiger partial charge is 0.497 e. The summed E-state index contributed by atoms with van der Waals surface area (Å²) < 4.78 is 10.5. The van der Waals surface area contributed by atoms with Crippen LogP contribution in [0.5, 0.6) is 5.75 Å². The predicted molar refractivity (Wildman–Crippen MR) is 129 cm³/mol. The standard InChI is InChI=1S/C27H27NO7/c1-34-16-10-11-21(26(31)32)22(14-16)25(30)24(29)12-13-28-27(33)35-15-23-19-8-4-2-6-17(19)18-7-3-5-9-20(18)23/h2-11,14,23-25,29-30H,12-13,15H2,1H3,(H,28,33)(H,31,32). The van der Waals surface area contributed by atoms with Gasteiger partial charge < -0.3 is 30.1 Å². The van der Waals surface area contributed by atoms with E-state index in [0.29, 0.717) is 5.75 Å². The first-order valence-electron chi connectivity index (χ1n) is 11.3. The van der Waals surface area contributed by atoms with Gasteiger partial charge in [-0.2, -0.15) is 0 Å². The molecule has 1 aliphatic carbocycles. The van der Waals surface area contributed by atoms with Gasteiger partial charge in [-0.05, 0) is 46.9 Å². The van der Waals surface area contributed by atoms with Crippen molar-refractivity contribution < 1.29 is 34.4 Å². The van der Waals surface area contributed by atoms with Crippen LogP contribution in [-0.2, 0) is 4.74 Å². The van der Waals surface area contributed by atoms with E-state index in [2.05, 4.69) is 17.4 Å². The minimum atomic E-state index is -1.47. The van der Waals surface area contributed by atoms with Gasteiger partial charge in [0.1, 0.15) is 18.5 Å². The van der Waals surface area contributed by atoms with E-state index < -0.39 is 24.3 Å². The smallest absolute Gasteiger partial charge is 0.407 e. The van der Waals surface area contributed by atoms with Crippen molar-refractivity contribution in [3.8, 4) is 16.9 Å². The first-order valence-corrected chi connectivity index (χ1v) is 11.3. The third kappa shape index (κ3) is 5.13. The Morgan fingerprint density at radius 2 is 1.60 bits per heavy atom. The molecule has 4 N–H and O–H groups in total. The van der Waals surface area contributed by atoms with E-state index in [1.165, 1.54) is 25.3 Å². The lowest BCUT2D eigenvalue weighted by molar-refractivity contribution is 0.0127. The lowest BCUT2D eigenvalue weighted by Crippen LogP contribution is -2.31. The van der Waals surface area contributed by atoms with Crippen LogP contribution in [-0.4, -0.2) is 53.7 Å². The summed E-state index contributed by atoms with van der Waals surface area (Å²) in [6.07, 6.45) is -3.43. The number of hydrogen-bond donors (Lipinski definition) is 4. The maximum Gasteiger partial charge on any atom is 0.407 e. The number of carboxylic acid groups (broad SMARTS) is 1. The van der Waals surface area contributed by atoms with Crippen molar-refractivity contribution in [1.82, 2.24) is 5.32 Å². The molecule has 0 spiro atoms. The Labute approximate surface area is 202 Å². The molecule has 3 aromatic carbocycles. The SMILES string of the molecule is COc1ccc(C(=O)O)c(C(O)C(O)CCNC(=O)OCC2c3ccccc3-c3ccccc32)c1. The van der Waals surface area contributed by atoms with Crippen LogP contribution in [0.4, 0.5) is 4.79 Å². The molecular formula is C27H27NO7. The zero-order valence-electron chi connectivity index (χ0n) is 19.2. The number of carbonyl (C=O) groups is 2. The molecule has 0 saturated carbocycles.